The van der Waals surface area contributed by atoms with Crippen LogP contribution in [-0.2, 0) is 0 Å². The van der Waals surface area contributed by atoms with Gasteiger partial charge < -0.3 is 15.8 Å². The molecule has 5 nitrogen and oxygen atoms in total. The van der Waals surface area contributed by atoms with Crippen molar-refractivity contribution in [3.63, 3.8) is 0 Å². The molecule has 0 amide bonds. The maximum Gasteiger partial charge on any atom is 0.174 e. The number of aryl methyl sites for hydroxylation is 1. The Morgan fingerprint density at radius 2 is 2.15 bits per heavy atom. The number of hydrogen-bond donors (Lipinski definition) is 2. The molecule has 0 aliphatic heterocycles. The monoisotopic (exact) mass is 276 g/mol. The second-order valence-corrected chi connectivity index (χ2v) is 5.75. The molecule has 0 radical (unpaired) electrons. The number of nitrogens with zero attached hydrogens (tertiary/aromatic N) is 3. The first kappa shape index (κ1) is 14.6. The highest BCUT2D eigenvalue weighted by Crippen LogP contribution is 2.31. The minimum Gasteiger partial charge on any atom is -0.409 e. The highest BCUT2D eigenvalue weighted by atomic mass is 16.4. The summed E-state index contributed by atoms with van der Waals surface area (Å²) >= 11 is 0. The molecule has 0 saturated heterocycles. The van der Waals surface area contributed by atoms with Crippen LogP contribution in [0.5, 0.6) is 0 Å². The van der Waals surface area contributed by atoms with Gasteiger partial charge in [0.25, 0.3) is 0 Å². The fourth-order valence-corrected chi connectivity index (χ4v) is 3.21. The van der Waals surface area contributed by atoms with Crippen molar-refractivity contribution in [2.75, 3.05) is 11.9 Å². The highest BCUT2D eigenvalue weighted by Gasteiger charge is 2.28. The van der Waals surface area contributed by atoms with Gasteiger partial charge in [0.2, 0.25) is 0 Å². The van der Waals surface area contributed by atoms with E-state index in [1.165, 1.54) is 25.7 Å². The zero-order valence-electron chi connectivity index (χ0n) is 12.5. The molecule has 1 aliphatic carbocycles. The van der Waals surface area contributed by atoms with E-state index in [4.69, 9.17) is 10.9 Å². The fraction of sp³-hybridized carbons (Fsp3) is 0.600. The minimum absolute atomic E-state index is 0.126. The van der Waals surface area contributed by atoms with Crippen LogP contribution >= 0.6 is 0 Å². The van der Waals surface area contributed by atoms with Crippen molar-refractivity contribution in [3.8, 4) is 0 Å². The van der Waals surface area contributed by atoms with Crippen LogP contribution in [0.15, 0.2) is 17.4 Å². The predicted octanol–water partition coefficient (Wildman–Crippen LogP) is 2.50. The minimum atomic E-state index is 0.126. The summed E-state index contributed by atoms with van der Waals surface area (Å²) in [5.41, 5.74) is 7.54. The molecule has 1 aromatic heterocycles. The molecule has 2 rings (SSSR count). The molecule has 3 N–H and O–H groups in total. The van der Waals surface area contributed by atoms with Crippen LogP contribution in [0, 0.1) is 12.8 Å². The number of amidine groups is 1. The average molecular weight is 276 g/mol. The summed E-state index contributed by atoms with van der Waals surface area (Å²) in [6, 6.07) is 2.35. The van der Waals surface area contributed by atoms with Crippen molar-refractivity contribution in [1.82, 2.24) is 4.98 Å². The first-order valence-corrected chi connectivity index (χ1v) is 7.22. The zero-order valence-corrected chi connectivity index (χ0v) is 12.5. The molecule has 0 bridgehead atoms. The van der Waals surface area contributed by atoms with E-state index >= 15 is 0 Å². The van der Waals surface area contributed by atoms with Gasteiger partial charge >= 0.3 is 0 Å². The van der Waals surface area contributed by atoms with E-state index in [1.54, 1.807) is 6.20 Å². The van der Waals surface area contributed by atoms with Gasteiger partial charge in [-0.25, -0.2) is 4.98 Å². The lowest BCUT2D eigenvalue weighted by molar-refractivity contribution is 0.317. The van der Waals surface area contributed by atoms with E-state index in [9.17, 15) is 0 Å². The number of rotatable bonds is 3. The first-order valence-electron chi connectivity index (χ1n) is 7.22. The fourth-order valence-electron chi connectivity index (χ4n) is 3.21. The molecular weight excluding hydrogens is 252 g/mol. The molecule has 1 fully saturated rings. The van der Waals surface area contributed by atoms with E-state index < -0.39 is 0 Å². The summed E-state index contributed by atoms with van der Waals surface area (Å²) in [5, 5.41) is 12.2. The summed E-state index contributed by atoms with van der Waals surface area (Å²) in [7, 11) is 2.06. The van der Waals surface area contributed by atoms with Gasteiger partial charge in [-0.05, 0) is 37.3 Å². The second-order valence-electron chi connectivity index (χ2n) is 5.75. The Balaban J connectivity index is 2.39. The number of aromatic nitrogens is 1. The third-order valence-electron chi connectivity index (χ3n) is 4.40. The van der Waals surface area contributed by atoms with E-state index in [0.717, 1.165) is 16.9 Å². The molecule has 20 heavy (non-hydrogen) atoms. The number of hydrogen-bond acceptors (Lipinski definition) is 4. The van der Waals surface area contributed by atoms with Gasteiger partial charge in [0.1, 0.15) is 5.82 Å². The smallest absolute Gasteiger partial charge is 0.174 e. The van der Waals surface area contributed by atoms with Crippen LogP contribution in [0.3, 0.4) is 0 Å². The van der Waals surface area contributed by atoms with E-state index in [0.29, 0.717) is 12.0 Å². The summed E-state index contributed by atoms with van der Waals surface area (Å²) in [6.45, 7) is 4.25. The number of pyridine rings is 1. The second kappa shape index (κ2) is 6.11. The van der Waals surface area contributed by atoms with Crippen molar-refractivity contribution in [3.05, 3.63) is 23.4 Å². The lowest BCUT2D eigenvalue weighted by atomic mass is 9.85. The van der Waals surface area contributed by atoms with Gasteiger partial charge in [0, 0.05) is 19.3 Å². The van der Waals surface area contributed by atoms with Gasteiger partial charge in [0.05, 0.1) is 5.56 Å². The quantitative estimate of drug-likeness (QED) is 0.385. The van der Waals surface area contributed by atoms with E-state index in [1.807, 2.05) is 13.0 Å². The Hall–Kier alpha value is -1.78. The third kappa shape index (κ3) is 2.71. The SMILES string of the molecule is Cc1ccnc(N(C)C2CCCCC2C)c1/C(N)=N/O. The summed E-state index contributed by atoms with van der Waals surface area (Å²) in [4.78, 5) is 6.67. The van der Waals surface area contributed by atoms with E-state index in [-0.39, 0.29) is 5.84 Å². The van der Waals surface area contributed by atoms with Crippen LogP contribution in [0.25, 0.3) is 0 Å². The standard InChI is InChI=1S/C15H24N4O/c1-10-6-4-5-7-12(10)19(3)15-13(14(16)18-20)11(2)8-9-17-15/h8-10,12,20H,4-7H2,1-3H3,(H2,16,18). The Morgan fingerprint density at radius 1 is 1.45 bits per heavy atom. The summed E-state index contributed by atoms with van der Waals surface area (Å²) < 4.78 is 0. The molecule has 1 heterocycles. The normalized spacial score (nSPS) is 23.6. The van der Waals surface area contributed by atoms with Gasteiger partial charge in [-0.3, -0.25) is 0 Å². The summed E-state index contributed by atoms with van der Waals surface area (Å²) in [6.07, 6.45) is 6.76. The van der Waals surface area contributed by atoms with Crippen LogP contribution in [0.4, 0.5) is 5.82 Å². The molecule has 5 heteroatoms. The van der Waals surface area contributed by atoms with Crippen molar-refractivity contribution in [2.45, 2.75) is 45.6 Å². The molecule has 0 aromatic carbocycles. The lowest BCUT2D eigenvalue weighted by Gasteiger charge is -2.37. The molecule has 2 atom stereocenters. The van der Waals surface area contributed by atoms with Gasteiger partial charge in [-0.15, -0.1) is 0 Å². The summed E-state index contributed by atoms with van der Waals surface area (Å²) in [5.74, 6) is 1.57. The van der Waals surface area contributed by atoms with Crippen molar-refractivity contribution in [2.24, 2.45) is 16.8 Å². The van der Waals surface area contributed by atoms with Crippen LogP contribution in [0.1, 0.15) is 43.7 Å². The molecule has 0 spiro atoms. The molecule has 1 aromatic rings. The Morgan fingerprint density at radius 3 is 2.80 bits per heavy atom. The maximum atomic E-state index is 9.00. The highest BCUT2D eigenvalue weighted by molar-refractivity contribution is 6.02. The van der Waals surface area contributed by atoms with Crippen LogP contribution in [0.2, 0.25) is 0 Å². The molecule has 1 aliphatic rings. The van der Waals surface area contributed by atoms with Gasteiger partial charge in [-0.2, -0.15) is 0 Å². The van der Waals surface area contributed by atoms with Crippen molar-refractivity contribution < 1.29 is 5.21 Å². The van der Waals surface area contributed by atoms with E-state index in [2.05, 4.69) is 29.0 Å². The Labute approximate surface area is 120 Å². The van der Waals surface area contributed by atoms with Crippen molar-refractivity contribution >= 4 is 11.7 Å². The Bertz CT molecular complexity index is 501. The maximum absolute atomic E-state index is 9.00. The number of oxime groups is 1. The number of anilines is 1. The molecule has 110 valence electrons. The molecular formula is C15H24N4O. The Kier molecular flexibility index (Phi) is 4.47. The first-order chi connectivity index (χ1) is 9.56. The topological polar surface area (TPSA) is 74.7 Å². The third-order valence-corrected chi connectivity index (χ3v) is 4.40. The largest absolute Gasteiger partial charge is 0.409 e. The zero-order chi connectivity index (χ0) is 14.7. The van der Waals surface area contributed by atoms with Crippen molar-refractivity contribution in [1.29, 1.82) is 0 Å². The predicted molar refractivity (Wildman–Crippen MR) is 81.3 cm³/mol. The van der Waals surface area contributed by atoms with Crippen LogP contribution in [-0.4, -0.2) is 29.1 Å². The molecule has 2 unspecified atom stereocenters. The number of nitrogens with two attached hydrogens (primary N) is 1. The van der Waals surface area contributed by atoms with Gasteiger partial charge in [-0.1, -0.05) is 24.9 Å². The molecule has 1 saturated carbocycles. The van der Waals surface area contributed by atoms with Gasteiger partial charge in [0.15, 0.2) is 5.84 Å². The van der Waals surface area contributed by atoms with Crippen LogP contribution < -0.4 is 10.6 Å². The lowest BCUT2D eigenvalue weighted by Crippen LogP contribution is -2.40. The average Bonchev–Trinajstić information content (AvgIpc) is 2.46.